The number of rotatable bonds is 4. The fraction of sp³-hybridized carbons (Fsp3) is 0.450. The zero-order chi connectivity index (χ0) is 19.6. The highest BCUT2D eigenvalue weighted by Crippen LogP contribution is 2.30. The Morgan fingerprint density at radius 3 is 2.74 bits per heavy atom. The van der Waals surface area contributed by atoms with E-state index in [-0.39, 0.29) is 23.6 Å². The van der Waals surface area contributed by atoms with Crippen LogP contribution < -0.4 is 10.2 Å². The maximum Gasteiger partial charge on any atom is 0.226 e. The summed E-state index contributed by atoms with van der Waals surface area (Å²) in [6.45, 7) is 7.10. The van der Waals surface area contributed by atoms with Crippen LogP contribution in [-0.2, 0) is 17.8 Å². The molecule has 0 saturated carbocycles. The van der Waals surface area contributed by atoms with Gasteiger partial charge in [0.15, 0.2) is 11.6 Å². The molecule has 0 aromatic carbocycles. The minimum atomic E-state index is -0.555. The highest BCUT2D eigenvalue weighted by atomic mass is 19.1. The average Bonchev–Trinajstić information content (AvgIpc) is 2.56. The summed E-state index contributed by atoms with van der Waals surface area (Å²) < 4.78 is 27.6. The number of aromatic nitrogens is 2. The molecule has 0 unspecified atom stereocenters. The number of hydrogen-bond acceptors (Lipinski definition) is 4. The molecule has 1 aliphatic heterocycles. The van der Waals surface area contributed by atoms with Crippen molar-refractivity contribution in [2.45, 2.75) is 46.6 Å². The molecule has 0 atom stereocenters. The molecule has 1 N–H and O–H groups in total. The summed E-state index contributed by atoms with van der Waals surface area (Å²) in [5, 5.41) is 2.59. The second-order valence-corrected chi connectivity index (χ2v) is 8.08. The first-order chi connectivity index (χ1) is 12.7. The number of anilines is 2. The van der Waals surface area contributed by atoms with Crippen LogP contribution in [0.5, 0.6) is 0 Å². The Morgan fingerprint density at radius 2 is 2.07 bits per heavy atom. The van der Waals surface area contributed by atoms with Crippen molar-refractivity contribution < 1.29 is 13.6 Å². The first-order valence-electron chi connectivity index (χ1n) is 9.06. The van der Waals surface area contributed by atoms with E-state index in [9.17, 15) is 13.6 Å². The van der Waals surface area contributed by atoms with Gasteiger partial charge in [0, 0.05) is 31.8 Å². The quantitative estimate of drug-likeness (QED) is 0.819. The zero-order valence-corrected chi connectivity index (χ0v) is 15.9. The standard InChI is InChI=1S/C20H24F2N4O/c1-20(2,3)10-18(27)25-19-14(21)9-16-15(24-19)5-4-8-26(16)12-13-6-7-17(22)23-11-13/h6-7,9,11H,4-5,8,10,12H2,1-3H3,(H,24,25,27). The molecule has 3 heterocycles. The van der Waals surface area contributed by atoms with Gasteiger partial charge in [-0.15, -0.1) is 0 Å². The third-order valence-corrected chi connectivity index (χ3v) is 4.33. The van der Waals surface area contributed by atoms with Crippen molar-refractivity contribution in [1.82, 2.24) is 9.97 Å². The molecule has 0 saturated heterocycles. The Hall–Kier alpha value is -2.57. The van der Waals surface area contributed by atoms with E-state index >= 15 is 0 Å². The molecule has 1 aliphatic rings. The SMILES string of the molecule is CC(C)(C)CC(=O)Nc1nc2c(cc1F)N(Cc1ccc(F)nc1)CCC2. The third kappa shape index (κ3) is 4.99. The summed E-state index contributed by atoms with van der Waals surface area (Å²) in [7, 11) is 0. The Morgan fingerprint density at radius 1 is 1.30 bits per heavy atom. The smallest absolute Gasteiger partial charge is 0.226 e. The van der Waals surface area contributed by atoms with Crippen molar-refractivity contribution in [1.29, 1.82) is 0 Å². The summed E-state index contributed by atoms with van der Waals surface area (Å²) in [5.74, 6) is -1.35. The van der Waals surface area contributed by atoms with Gasteiger partial charge in [-0.1, -0.05) is 26.8 Å². The van der Waals surface area contributed by atoms with Crippen molar-refractivity contribution >= 4 is 17.4 Å². The van der Waals surface area contributed by atoms with Gasteiger partial charge in [0.05, 0.1) is 11.4 Å². The molecular weight excluding hydrogens is 350 g/mol. The van der Waals surface area contributed by atoms with Crippen molar-refractivity contribution in [3.8, 4) is 0 Å². The molecular formula is C20H24F2N4O. The molecule has 27 heavy (non-hydrogen) atoms. The normalized spacial score (nSPS) is 14.0. The van der Waals surface area contributed by atoms with Crippen LogP contribution in [0.4, 0.5) is 20.3 Å². The molecule has 2 aromatic heterocycles. The largest absolute Gasteiger partial charge is 0.366 e. The monoisotopic (exact) mass is 374 g/mol. The number of carbonyl (C=O) groups is 1. The molecule has 144 valence electrons. The van der Waals surface area contributed by atoms with Crippen LogP contribution in [-0.4, -0.2) is 22.4 Å². The van der Waals surface area contributed by atoms with Crippen LogP contribution in [0.15, 0.2) is 24.4 Å². The minimum absolute atomic E-state index is 0.0201. The maximum atomic E-state index is 14.6. The summed E-state index contributed by atoms with van der Waals surface area (Å²) in [5.41, 5.74) is 2.11. The summed E-state index contributed by atoms with van der Waals surface area (Å²) >= 11 is 0. The number of halogens is 2. The Kier molecular flexibility index (Phi) is 5.39. The summed E-state index contributed by atoms with van der Waals surface area (Å²) in [6, 6.07) is 4.40. The highest BCUT2D eigenvalue weighted by molar-refractivity contribution is 5.90. The van der Waals surface area contributed by atoms with Crippen LogP contribution in [0.1, 0.15) is 44.9 Å². The average molecular weight is 374 g/mol. The topological polar surface area (TPSA) is 58.1 Å². The van der Waals surface area contributed by atoms with Gasteiger partial charge in [0.25, 0.3) is 0 Å². The molecule has 2 aromatic rings. The fourth-order valence-electron chi connectivity index (χ4n) is 3.16. The van der Waals surface area contributed by atoms with Gasteiger partial charge in [0.2, 0.25) is 11.9 Å². The number of nitrogens with zero attached hydrogens (tertiary/aromatic N) is 3. The van der Waals surface area contributed by atoms with Gasteiger partial charge in [-0.3, -0.25) is 4.79 Å². The first kappa shape index (κ1) is 19.2. The van der Waals surface area contributed by atoms with E-state index in [1.807, 2.05) is 25.7 Å². The number of fused-ring (bicyclic) bond motifs is 1. The van der Waals surface area contributed by atoms with Gasteiger partial charge in [-0.25, -0.2) is 14.4 Å². The number of pyridine rings is 2. The lowest BCUT2D eigenvalue weighted by atomic mass is 9.92. The van der Waals surface area contributed by atoms with Crippen LogP contribution in [0.3, 0.4) is 0 Å². The van der Waals surface area contributed by atoms with E-state index in [4.69, 9.17) is 0 Å². The van der Waals surface area contributed by atoms with Gasteiger partial charge in [0.1, 0.15) is 0 Å². The van der Waals surface area contributed by atoms with E-state index in [0.29, 0.717) is 12.2 Å². The van der Waals surface area contributed by atoms with Gasteiger partial charge >= 0.3 is 0 Å². The van der Waals surface area contributed by atoms with E-state index in [1.165, 1.54) is 18.3 Å². The number of amides is 1. The Labute approximate surface area is 157 Å². The van der Waals surface area contributed by atoms with Crippen molar-refractivity contribution in [3.63, 3.8) is 0 Å². The van der Waals surface area contributed by atoms with Gasteiger partial charge in [-0.2, -0.15) is 4.39 Å². The second kappa shape index (κ2) is 7.58. The van der Waals surface area contributed by atoms with Crippen LogP contribution in [0, 0.1) is 17.2 Å². The molecule has 1 amide bonds. The molecule has 0 radical (unpaired) electrons. The maximum absolute atomic E-state index is 14.6. The molecule has 0 spiro atoms. The van der Waals surface area contributed by atoms with E-state index in [2.05, 4.69) is 15.3 Å². The number of nitrogens with one attached hydrogen (secondary N) is 1. The van der Waals surface area contributed by atoms with E-state index in [1.54, 1.807) is 6.07 Å². The minimum Gasteiger partial charge on any atom is -0.366 e. The zero-order valence-electron chi connectivity index (χ0n) is 15.9. The molecule has 0 bridgehead atoms. The lowest BCUT2D eigenvalue weighted by molar-refractivity contribution is -0.117. The van der Waals surface area contributed by atoms with Crippen LogP contribution >= 0.6 is 0 Å². The summed E-state index contributed by atoms with van der Waals surface area (Å²) in [6.07, 6.45) is 3.36. The summed E-state index contributed by atoms with van der Waals surface area (Å²) in [4.78, 5) is 22.1. The predicted octanol–water partition coefficient (Wildman–Crippen LogP) is 4.08. The predicted molar refractivity (Wildman–Crippen MR) is 100 cm³/mol. The molecule has 7 heteroatoms. The van der Waals surface area contributed by atoms with E-state index < -0.39 is 11.8 Å². The highest BCUT2D eigenvalue weighted by Gasteiger charge is 2.23. The lowest BCUT2D eigenvalue weighted by Gasteiger charge is -2.31. The Balaban J connectivity index is 1.79. The first-order valence-corrected chi connectivity index (χ1v) is 9.06. The van der Waals surface area contributed by atoms with Gasteiger partial charge < -0.3 is 10.2 Å². The molecule has 5 nitrogen and oxygen atoms in total. The van der Waals surface area contributed by atoms with Crippen molar-refractivity contribution in [2.75, 3.05) is 16.8 Å². The Bertz CT molecular complexity index is 831. The van der Waals surface area contributed by atoms with E-state index in [0.717, 1.165) is 30.6 Å². The molecule has 0 aliphatic carbocycles. The third-order valence-electron chi connectivity index (χ3n) is 4.33. The molecule has 3 rings (SSSR count). The number of aryl methyl sites for hydroxylation is 1. The van der Waals surface area contributed by atoms with Crippen LogP contribution in [0.2, 0.25) is 0 Å². The lowest BCUT2D eigenvalue weighted by Crippen LogP contribution is -2.30. The molecule has 0 fully saturated rings. The number of hydrogen-bond donors (Lipinski definition) is 1. The fourth-order valence-corrected chi connectivity index (χ4v) is 3.16. The number of carbonyl (C=O) groups excluding carboxylic acids is 1. The van der Waals surface area contributed by atoms with Crippen molar-refractivity contribution in [3.05, 3.63) is 47.4 Å². The van der Waals surface area contributed by atoms with Crippen molar-refractivity contribution in [2.24, 2.45) is 5.41 Å². The second-order valence-electron chi connectivity index (χ2n) is 8.08. The van der Waals surface area contributed by atoms with Gasteiger partial charge in [-0.05, 0) is 29.9 Å². The van der Waals surface area contributed by atoms with Crippen LogP contribution in [0.25, 0.3) is 0 Å².